The van der Waals surface area contributed by atoms with Gasteiger partial charge in [0.15, 0.2) is 23.2 Å². The molecule has 1 fully saturated rings. The molecule has 25 heavy (non-hydrogen) atoms. The zero-order valence-corrected chi connectivity index (χ0v) is 13.6. The van der Waals surface area contributed by atoms with Crippen LogP contribution >= 0.6 is 0 Å². The van der Waals surface area contributed by atoms with E-state index in [1.807, 2.05) is 13.0 Å². The maximum atomic E-state index is 10.2. The van der Waals surface area contributed by atoms with Crippen molar-refractivity contribution in [2.75, 3.05) is 25.1 Å². The van der Waals surface area contributed by atoms with Gasteiger partial charge in [-0.05, 0) is 6.92 Å². The van der Waals surface area contributed by atoms with E-state index in [0.717, 1.165) is 5.57 Å². The first-order chi connectivity index (χ1) is 12.1. The molecular weight excluding hydrogens is 330 g/mol. The third kappa shape index (κ3) is 3.34. The van der Waals surface area contributed by atoms with Gasteiger partial charge in [0, 0.05) is 6.54 Å². The predicted octanol–water partition coefficient (Wildman–Crippen LogP) is -1.21. The van der Waals surface area contributed by atoms with Crippen LogP contribution < -0.4 is 5.32 Å². The lowest BCUT2D eigenvalue weighted by Crippen LogP contribution is -2.33. The predicted molar refractivity (Wildman–Crippen MR) is 87.7 cm³/mol. The van der Waals surface area contributed by atoms with E-state index >= 15 is 0 Å². The molecule has 0 spiro atoms. The molecule has 2 aromatic rings. The number of ether oxygens (including phenoxy) is 1. The summed E-state index contributed by atoms with van der Waals surface area (Å²) in [7, 11) is 0. The van der Waals surface area contributed by atoms with Gasteiger partial charge in [0.2, 0.25) is 0 Å². The van der Waals surface area contributed by atoms with E-state index in [9.17, 15) is 15.3 Å². The van der Waals surface area contributed by atoms with E-state index < -0.39 is 31.1 Å². The van der Waals surface area contributed by atoms with Gasteiger partial charge in [-0.2, -0.15) is 0 Å². The van der Waals surface area contributed by atoms with Crippen molar-refractivity contribution in [2.24, 2.45) is 0 Å². The van der Waals surface area contributed by atoms with Gasteiger partial charge in [-0.15, -0.1) is 0 Å². The molecule has 4 atom stereocenters. The highest BCUT2D eigenvalue weighted by atomic mass is 16.6. The van der Waals surface area contributed by atoms with Crippen LogP contribution in [0.15, 0.2) is 24.3 Å². The van der Waals surface area contributed by atoms with E-state index in [4.69, 9.17) is 9.84 Å². The summed E-state index contributed by atoms with van der Waals surface area (Å²) in [6.07, 6.45) is 0.443. The van der Waals surface area contributed by atoms with Crippen LogP contribution in [0.1, 0.15) is 13.2 Å². The second-order valence-electron chi connectivity index (χ2n) is 5.86. The van der Waals surface area contributed by atoms with Gasteiger partial charge in [-0.1, -0.05) is 11.6 Å². The van der Waals surface area contributed by atoms with E-state index in [1.165, 1.54) is 17.2 Å². The van der Waals surface area contributed by atoms with Gasteiger partial charge in [-0.3, -0.25) is 4.57 Å². The van der Waals surface area contributed by atoms with Gasteiger partial charge in [-0.25, -0.2) is 15.0 Å². The minimum Gasteiger partial charge on any atom is -0.394 e. The number of aliphatic hydroxyl groups excluding tert-OH is 4. The lowest BCUT2D eigenvalue weighted by atomic mass is 10.1. The molecule has 1 saturated heterocycles. The third-order valence-electron chi connectivity index (χ3n) is 4.12. The molecule has 0 saturated carbocycles. The zero-order chi connectivity index (χ0) is 18.0. The van der Waals surface area contributed by atoms with Crippen LogP contribution in [-0.2, 0) is 4.74 Å². The number of nitrogens with one attached hydrogen (secondary N) is 1. The summed E-state index contributed by atoms with van der Waals surface area (Å²) in [5.74, 6) is 0.498. The molecule has 1 aliphatic rings. The Morgan fingerprint density at radius 1 is 1.28 bits per heavy atom. The Morgan fingerprint density at radius 3 is 2.76 bits per heavy atom. The van der Waals surface area contributed by atoms with Gasteiger partial charge in [0.1, 0.15) is 24.6 Å². The molecule has 0 unspecified atom stereocenters. The Hall–Kier alpha value is -2.11. The van der Waals surface area contributed by atoms with Crippen molar-refractivity contribution in [2.45, 2.75) is 31.5 Å². The number of aromatic nitrogens is 4. The maximum Gasteiger partial charge on any atom is 0.167 e. The van der Waals surface area contributed by atoms with Gasteiger partial charge in [0.25, 0.3) is 0 Å². The molecule has 0 bridgehead atoms. The lowest BCUT2D eigenvalue weighted by molar-refractivity contribution is -0.0511. The molecule has 136 valence electrons. The molecular formula is C15H21N5O5. The zero-order valence-electron chi connectivity index (χ0n) is 13.6. The average Bonchev–Trinajstić information content (AvgIpc) is 3.17. The van der Waals surface area contributed by atoms with Crippen molar-refractivity contribution in [3.8, 4) is 0 Å². The smallest absolute Gasteiger partial charge is 0.167 e. The topological polar surface area (TPSA) is 146 Å². The molecule has 0 amide bonds. The summed E-state index contributed by atoms with van der Waals surface area (Å²) in [5.41, 5.74) is 1.74. The van der Waals surface area contributed by atoms with Crippen LogP contribution in [0.2, 0.25) is 0 Å². The highest BCUT2D eigenvalue weighted by Crippen LogP contribution is 2.31. The van der Waals surface area contributed by atoms with Crippen molar-refractivity contribution in [1.82, 2.24) is 19.5 Å². The Bertz CT molecular complexity index is 764. The van der Waals surface area contributed by atoms with Crippen LogP contribution in [0, 0.1) is 0 Å². The SMILES string of the molecule is C/C(=C\CNc1ncnc2c1ncn2[C@@H]1O[C@H](CO)[C@@H](O)[C@@H]1O)CO. The average molecular weight is 351 g/mol. The molecule has 0 aliphatic carbocycles. The number of fused-ring (bicyclic) bond motifs is 1. The molecule has 3 heterocycles. The number of hydrogen-bond donors (Lipinski definition) is 5. The Balaban J connectivity index is 1.86. The monoisotopic (exact) mass is 351 g/mol. The first-order valence-electron chi connectivity index (χ1n) is 7.87. The quantitative estimate of drug-likeness (QED) is 0.404. The normalized spacial score (nSPS) is 27.2. The first-order valence-corrected chi connectivity index (χ1v) is 7.87. The molecule has 10 nitrogen and oxygen atoms in total. The molecule has 0 radical (unpaired) electrons. The minimum absolute atomic E-state index is 0.0131. The number of nitrogens with zero attached hydrogens (tertiary/aromatic N) is 4. The summed E-state index contributed by atoms with van der Waals surface area (Å²) < 4.78 is 7.01. The fourth-order valence-electron chi connectivity index (χ4n) is 2.66. The Kier molecular flexibility index (Phi) is 5.25. The fourth-order valence-corrected chi connectivity index (χ4v) is 2.66. The van der Waals surface area contributed by atoms with Crippen LogP contribution in [-0.4, -0.2) is 78.0 Å². The van der Waals surface area contributed by atoms with E-state index in [1.54, 1.807) is 0 Å². The summed E-state index contributed by atoms with van der Waals surface area (Å²) >= 11 is 0. The van der Waals surface area contributed by atoms with Crippen molar-refractivity contribution in [1.29, 1.82) is 0 Å². The molecule has 0 aromatic carbocycles. The number of anilines is 1. The lowest BCUT2D eigenvalue weighted by Gasteiger charge is -2.16. The van der Waals surface area contributed by atoms with Crippen molar-refractivity contribution < 1.29 is 25.2 Å². The number of imidazole rings is 1. The second kappa shape index (κ2) is 7.42. The fraction of sp³-hybridized carbons (Fsp3) is 0.533. The Labute approximate surface area is 143 Å². The molecule has 10 heteroatoms. The summed E-state index contributed by atoms with van der Waals surface area (Å²) in [4.78, 5) is 12.6. The van der Waals surface area contributed by atoms with Crippen molar-refractivity contribution in [3.63, 3.8) is 0 Å². The van der Waals surface area contributed by atoms with E-state index in [2.05, 4.69) is 20.3 Å². The summed E-state index contributed by atoms with van der Waals surface area (Å²) in [5, 5.41) is 41.4. The minimum atomic E-state index is -1.21. The summed E-state index contributed by atoms with van der Waals surface area (Å²) in [6.45, 7) is 1.85. The Morgan fingerprint density at radius 2 is 2.08 bits per heavy atom. The first kappa shape index (κ1) is 17.7. The van der Waals surface area contributed by atoms with Crippen LogP contribution in [0.3, 0.4) is 0 Å². The number of rotatable bonds is 6. The van der Waals surface area contributed by atoms with Crippen molar-refractivity contribution in [3.05, 3.63) is 24.3 Å². The van der Waals surface area contributed by atoms with Gasteiger partial charge >= 0.3 is 0 Å². The number of aliphatic hydroxyl groups is 4. The molecule has 3 rings (SSSR count). The van der Waals surface area contributed by atoms with Crippen LogP contribution in [0.4, 0.5) is 5.82 Å². The summed E-state index contributed by atoms with van der Waals surface area (Å²) in [6, 6.07) is 0. The second-order valence-corrected chi connectivity index (χ2v) is 5.86. The molecule has 2 aromatic heterocycles. The highest BCUT2D eigenvalue weighted by molar-refractivity contribution is 5.82. The third-order valence-corrected chi connectivity index (χ3v) is 4.12. The molecule has 1 aliphatic heterocycles. The highest BCUT2D eigenvalue weighted by Gasteiger charge is 2.44. The maximum absolute atomic E-state index is 10.2. The standard InChI is InChI=1S/C15H21N5O5/c1-8(4-21)2-3-16-13-10-14(18-6-17-13)20(7-19-10)15-12(24)11(23)9(5-22)25-15/h2,6-7,9,11-12,15,21-24H,3-5H2,1H3,(H,16,17,18)/b8-2+/t9-,11-,12+,15-/m1/s1. The molecule has 5 N–H and O–H groups in total. The largest absolute Gasteiger partial charge is 0.394 e. The number of hydrogen-bond acceptors (Lipinski definition) is 9. The van der Waals surface area contributed by atoms with Crippen LogP contribution in [0.25, 0.3) is 11.2 Å². The van der Waals surface area contributed by atoms with Crippen molar-refractivity contribution >= 4 is 17.0 Å². The van der Waals surface area contributed by atoms with Crippen LogP contribution in [0.5, 0.6) is 0 Å². The van der Waals surface area contributed by atoms with E-state index in [0.29, 0.717) is 23.5 Å². The van der Waals surface area contributed by atoms with E-state index in [-0.39, 0.29) is 6.61 Å². The van der Waals surface area contributed by atoms with Gasteiger partial charge in [0.05, 0.1) is 19.5 Å². The van der Waals surface area contributed by atoms with Gasteiger partial charge < -0.3 is 30.5 Å².